The highest BCUT2D eigenvalue weighted by Crippen LogP contribution is 2.09. The summed E-state index contributed by atoms with van der Waals surface area (Å²) in [6.45, 7) is 0. The second-order valence-electron chi connectivity index (χ2n) is 2.54. The van der Waals surface area contributed by atoms with Gasteiger partial charge < -0.3 is 9.84 Å². The zero-order chi connectivity index (χ0) is 13.2. The van der Waals surface area contributed by atoms with Crippen LogP contribution in [-0.4, -0.2) is 32.1 Å². The Bertz CT molecular complexity index is 610. The summed E-state index contributed by atoms with van der Waals surface area (Å²) in [5.41, 5.74) is -5.11. The number of nitrogens with one attached hydrogen (secondary N) is 2. The second-order valence-corrected chi connectivity index (χ2v) is 2.54. The van der Waals surface area contributed by atoms with Crippen LogP contribution in [-0.2, 0) is 4.74 Å². The molecule has 1 aromatic heterocycles. The summed E-state index contributed by atoms with van der Waals surface area (Å²) in [6, 6.07) is 0. The average molecular weight is 245 g/mol. The number of hydrogen-bond donors (Lipinski definition) is 3. The minimum absolute atomic E-state index is 1.15. The van der Waals surface area contributed by atoms with Crippen molar-refractivity contribution in [2.45, 2.75) is 0 Å². The number of H-pyrrole nitrogens is 2. The van der Waals surface area contributed by atoms with Gasteiger partial charge in [-0.25, -0.2) is 14.4 Å². The summed E-state index contributed by atoms with van der Waals surface area (Å²) in [7, 11) is 0. The van der Waals surface area contributed by atoms with E-state index in [4.69, 9.17) is 5.11 Å². The SMILES string of the molecule is O=C(O)OC(=O)c1[nH]c(=O)[nH]c(=O)c1[N+](=O)[O-]. The van der Waals surface area contributed by atoms with Crippen LogP contribution in [0.3, 0.4) is 0 Å². The molecule has 0 radical (unpaired) electrons. The molecule has 0 unspecified atom stereocenters. The fourth-order valence-electron chi connectivity index (χ4n) is 0.932. The monoisotopic (exact) mass is 245 g/mol. The summed E-state index contributed by atoms with van der Waals surface area (Å²) < 4.78 is 3.59. The molecule has 0 aromatic carbocycles. The summed E-state index contributed by atoms with van der Waals surface area (Å²) in [5.74, 6) is -1.73. The Morgan fingerprint density at radius 3 is 2.35 bits per heavy atom. The molecular weight excluding hydrogens is 242 g/mol. The zero-order valence-electron chi connectivity index (χ0n) is 7.75. The summed E-state index contributed by atoms with van der Waals surface area (Å²) >= 11 is 0. The molecule has 0 saturated carbocycles. The van der Waals surface area contributed by atoms with Crippen molar-refractivity contribution in [2.75, 3.05) is 0 Å². The molecule has 0 saturated heterocycles. The highest BCUT2D eigenvalue weighted by Gasteiger charge is 2.28. The van der Waals surface area contributed by atoms with Crippen LogP contribution in [0.2, 0.25) is 0 Å². The zero-order valence-corrected chi connectivity index (χ0v) is 7.75. The van der Waals surface area contributed by atoms with Gasteiger partial charge in [-0.15, -0.1) is 0 Å². The third-order valence-electron chi connectivity index (χ3n) is 1.48. The predicted molar refractivity (Wildman–Crippen MR) is 47.8 cm³/mol. The van der Waals surface area contributed by atoms with Crippen molar-refractivity contribution in [1.82, 2.24) is 9.97 Å². The van der Waals surface area contributed by atoms with Crippen molar-refractivity contribution in [2.24, 2.45) is 0 Å². The number of aromatic amines is 2. The Morgan fingerprint density at radius 1 is 1.29 bits per heavy atom. The number of aromatic nitrogens is 2. The van der Waals surface area contributed by atoms with Gasteiger partial charge in [-0.3, -0.25) is 24.9 Å². The molecule has 1 rings (SSSR count). The molecule has 0 amide bonds. The van der Waals surface area contributed by atoms with Crippen LogP contribution in [0.5, 0.6) is 0 Å². The lowest BCUT2D eigenvalue weighted by Gasteiger charge is -1.98. The largest absolute Gasteiger partial charge is 0.513 e. The maximum absolute atomic E-state index is 11.1. The standard InChI is InChI=1S/C6H3N3O8/c10-3-2(9(15)16)1(7-5(12)8-3)4(11)17-6(13)14/h(H,13,14)(H2,7,8,10,12). The molecule has 0 bridgehead atoms. The number of rotatable bonds is 2. The smallest absolute Gasteiger partial charge is 0.449 e. The first kappa shape index (κ1) is 12.1. The van der Waals surface area contributed by atoms with E-state index in [1.165, 1.54) is 4.98 Å². The van der Waals surface area contributed by atoms with Gasteiger partial charge in [-0.1, -0.05) is 0 Å². The van der Waals surface area contributed by atoms with E-state index in [-0.39, 0.29) is 0 Å². The molecule has 11 heteroatoms. The van der Waals surface area contributed by atoms with Crippen molar-refractivity contribution in [3.05, 3.63) is 36.6 Å². The fraction of sp³-hybridized carbons (Fsp3) is 0. The van der Waals surface area contributed by atoms with Crippen LogP contribution in [0.15, 0.2) is 9.59 Å². The number of nitro groups is 1. The highest BCUT2D eigenvalue weighted by molar-refractivity contribution is 5.96. The topological polar surface area (TPSA) is 172 Å². The molecule has 0 atom stereocenters. The lowest BCUT2D eigenvalue weighted by Crippen LogP contribution is -2.29. The van der Waals surface area contributed by atoms with E-state index in [0.717, 1.165) is 0 Å². The van der Waals surface area contributed by atoms with Gasteiger partial charge in [-0.2, -0.15) is 0 Å². The predicted octanol–water partition coefficient (Wildman–Crippen LogP) is -1.19. The molecule has 11 nitrogen and oxygen atoms in total. The minimum Gasteiger partial charge on any atom is -0.449 e. The lowest BCUT2D eigenvalue weighted by atomic mass is 10.3. The van der Waals surface area contributed by atoms with Crippen LogP contribution >= 0.6 is 0 Å². The van der Waals surface area contributed by atoms with E-state index in [1.54, 1.807) is 4.98 Å². The number of nitrogens with zero attached hydrogens (tertiary/aromatic N) is 1. The number of esters is 1. The first-order valence-electron chi connectivity index (χ1n) is 3.79. The Hall–Kier alpha value is -2.98. The molecule has 1 aromatic rings. The molecule has 1 heterocycles. The molecule has 0 aliphatic carbocycles. The minimum atomic E-state index is -2.04. The van der Waals surface area contributed by atoms with Crippen LogP contribution in [0.25, 0.3) is 0 Å². The first-order valence-corrected chi connectivity index (χ1v) is 3.79. The fourth-order valence-corrected chi connectivity index (χ4v) is 0.932. The van der Waals surface area contributed by atoms with E-state index in [9.17, 15) is 29.3 Å². The third kappa shape index (κ3) is 2.53. The van der Waals surface area contributed by atoms with Crippen LogP contribution in [0.4, 0.5) is 10.5 Å². The van der Waals surface area contributed by atoms with Gasteiger partial charge in [0.2, 0.25) is 5.69 Å². The summed E-state index contributed by atoms with van der Waals surface area (Å²) in [5, 5.41) is 18.6. The van der Waals surface area contributed by atoms with Gasteiger partial charge in [0.15, 0.2) is 0 Å². The highest BCUT2D eigenvalue weighted by atomic mass is 16.7. The molecular formula is C6H3N3O8. The van der Waals surface area contributed by atoms with Gasteiger partial charge in [-0.05, 0) is 0 Å². The van der Waals surface area contributed by atoms with Gasteiger partial charge >= 0.3 is 29.1 Å². The van der Waals surface area contributed by atoms with Gasteiger partial charge in [0.1, 0.15) is 0 Å². The van der Waals surface area contributed by atoms with E-state index >= 15 is 0 Å². The molecule has 0 fully saturated rings. The summed E-state index contributed by atoms with van der Waals surface area (Å²) in [6.07, 6.45) is -2.04. The van der Waals surface area contributed by atoms with Crippen molar-refractivity contribution in [3.8, 4) is 0 Å². The normalized spacial score (nSPS) is 9.65. The Kier molecular flexibility index (Phi) is 3.03. The average Bonchev–Trinajstić information content (AvgIpc) is 2.14. The number of hydrogen-bond acceptors (Lipinski definition) is 7. The van der Waals surface area contributed by atoms with Crippen molar-refractivity contribution >= 4 is 17.8 Å². The molecule has 0 spiro atoms. The van der Waals surface area contributed by atoms with Gasteiger partial charge in [0, 0.05) is 0 Å². The van der Waals surface area contributed by atoms with E-state index in [0.29, 0.717) is 0 Å². The van der Waals surface area contributed by atoms with E-state index < -0.39 is 39.7 Å². The number of ether oxygens (including phenoxy) is 1. The van der Waals surface area contributed by atoms with Gasteiger partial charge in [0.05, 0.1) is 4.92 Å². The van der Waals surface area contributed by atoms with Crippen LogP contribution in [0, 0.1) is 10.1 Å². The maximum Gasteiger partial charge on any atom is 0.513 e. The summed E-state index contributed by atoms with van der Waals surface area (Å²) in [4.78, 5) is 55.2. The van der Waals surface area contributed by atoms with Crippen molar-refractivity contribution < 1.29 is 24.4 Å². The number of carboxylic acid groups (broad SMARTS) is 1. The van der Waals surface area contributed by atoms with Crippen LogP contribution < -0.4 is 11.2 Å². The number of carbonyl (C=O) groups excluding carboxylic acids is 1. The molecule has 0 aliphatic rings. The molecule has 17 heavy (non-hydrogen) atoms. The Morgan fingerprint density at radius 2 is 1.88 bits per heavy atom. The van der Waals surface area contributed by atoms with E-state index in [2.05, 4.69) is 4.74 Å². The van der Waals surface area contributed by atoms with Crippen molar-refractivity contribution in [1.29, 1.82) is 0 Å². The first-order chi connectivity index (χ1) is 7.82. The van der Waals surface area contributed by atoms with Crippen molar-refractivity contribution in [3.63, 3.8) is 0 Å². The third-order valence-corrected chi connectivity index (χ3v) is 1.48. The number of carbonyl (C=O) groups is 2. The second kappa shape index (κ2) is 4.26. The Labute approximate surface area is 89.8 Å². The molecule has 90 valence electrons. The molecule has 0 aliphatic heterocycles. The quantitative estimate of drug-likeness (QED) is 0.252. The van der Waals surface area contributed by atoms with E-state index in [1.807, 2.05) is 0 Å². The lowest BCUT2D eigenvalue weighted by molar-refractivity contribution is -0.387. The maximum atomic E-state index is 11.1. The Balaban J connectivity index is 3.46. The van der Waals surface area contributed by atoms with Gasteiger partial charge in [0.25, 0.3) is 0 Å². The van der Waals surface area contributed by atoms with Crippen LogP contribution in [0.1, 0.15) is 10.5 Å². The molecule has 3 N–H and O–H groups in total.